The van der Waals surface area contributed by atoms with Gasteiger partial charge in [0.2, 0.25) is 5.91 Å². The molecule has 8 nitrogen and oxygen atoms in total. The molecule has 3 aliphatic rings. The minimum absolute atomic E-state index is 0.0364. The molecule has 2 atom stereocenters. The van der Waals surface area contributed by atoms with Gasteiger partial charge in [-0.05, 0) is 42.7 Å². The Bertz CT molecular complexity index is 931. The maximum absolute atomic E-state index is 13.1. The minimum atomic E-state index is 0.0364. The van der Waals surface area contributed by atoms with E-state index >= 15 is 0 Å². The summed E-state index contributed by atoms with van der Waals surface area (Å²) in [5.74, 6) is 1.39. The lowest BCUT2D eigenvalue weighted by Crippen LogP contribution is -2.58. The Morgan fingerprint density at radius 3 is 2.66 bits per heavy atom. The van der Waals surface area contributed by atoms with Gasteiger partial charge < -0.3 is 19.9 Å². The highest BCUT2D eigenvalue weighted by atomic mass is 79.9. The molecule has 1 amide bonds. The molecule has 29 heavy (non-hydrogen) atoms. The maximum atomic E-state index is 13.1. The summed E-state index contributed by atoms with van der Waals surface area (Å²) in [5, 5.41) is 8.04. The van der Waals surface area contributed by atoms with Crippen molar-refractivity contribution in [3.63, 3.8) is 0 Å². The Hall–Kier alpha value is -1.71. The summed E-state index contributed by atoms with van der Waals surface area (Å²) in [7, 11) is 0. The number of hydrogen-bond donors (Lipinski definition) is 1. The number of fused-ring (bicyclic) bond motifs is 2. The van der Waals surface area contributed by atoms with Crippen LogP contribution in [0.2, 0.25) is 0 Å². The molecule has 0 saturated carbocycles. The molecule has 9 heteroatoms. The van der Waals surface area contributed by atoms with Gasteiger partial charge in [0, 0.05) is 44.7 Å². The van der Waals surface area contributed by atoms with Crippen molar-refractivity contribution in [3.05, 3.63) is 21.9 Å². The van der Waals surface area contributed by atoms with Gasteiger partial charge in [-0.1, -0.05) is 0 Å². The summed E-state index contributed by atoms with van der Waals surface area (Å²) in [6.07, 6.45) is 3.85. The summed E-state index contributed by atoms with van der Waals surface area (Å²) in [5.41, 5.74) is 3.26. The van der Waals surface area contributed by atoms with Gasteiger partial charge in [-0.15, -0.1) is 0 Å². The van der Waals surface area contributed by atoms with E-state index in [1.807, 2.05) is 29.5 Å². The number of carbonyl (C=O) groups excluding carboxylic acids is 1. The standard InChI is InChI=1S/C20H27BrN6O2/c1-12-8-26(9-13(2)29-12)20(28)14-10-25(11-14)19-15-3-5-22-6-4-17(15)24-18-16(21)7-23-27(18)19/h7,12-14,22H,3-6,8-11H2,1-2H3. The summed E-state index contributed by atoms with van der Waals surface area (Å²) in [6, 6.07) is 0. The number of anilines is 1. The van der Waals surface area contributed by atoms with Crippen molar-refractivity contribution in [2.24, 2.45) is 5.92 Å². The lowest BCUT2D eigenvalue weighted by Gasteiger charge is -2.44. The van der Waals surface area contributed by atoms with Gasteiger partial charge in [-0.25, -0.2) is 4.98 Å². The van der Waals surface area contributed by atoms with E-state index in [0.29, 0.717) is 13.1 Å². The Balaban J connectivity index is 1.40. The number of amides is 1. The van der Waals surface area contributed by atoms with Crippen LogP contribution in [0.15, 0.2) is 10.7 Å². The second kappa shape index (κ2) is 7.52. The fraction of sp³-hybridized carbons (Fsp3) is 0.650. The molecule has 0 radical (unpaired) electrons. The van der Waals surface area contributed by atoms with Gasteiger partial charge in [0.05, 0.1) is 34.5 Å². The van der Waals surface area contributed by atoms with Crippen LogP contribution >= 0.6 is 15.9 Å². The normalized spacial score (nSPS) is 25.6. The summed E-state index contributed by atoms with van der Waals surface area (Å²) in [4.78, 5) is 22.2. The second-order valence-electron chi connectivity index (χ2n) is 8.44. The Kier molecular flexibility index (Phi) is 4.99. The van der Waals surface area contributed by atoms with E-state index in [9.17, 15) is 4.79 Å². The van der Waals surface area contributed by atoms with Crippen LogP contribution in [0, 0.1) is 5.92 Å². The van der Waals surface area contributed by atoms with Gasteiger partial charge in [0.1, 0.15) is 5.82 Å². The molecule has 2 unspecified atom stereocenters. The van der Waals surface area contributed by atoms with Crippen LogP contribution in [0.5, 0.6) is 0 Å². The first kappa shape index (κ1) is 19.3. The third kappa shape index (κ3) is 3.43. The largest absolute Gasteiger partial charge is 0.372 e. The Morgan fingerprint density at radius 2 is 1.90 bits per heavy atom. The molecule has 0 aromatic carbocycles. The number of ether oxygens (including phenoxy) is 1. The number of carbonyl (C=O) groups is 1. The molecule has 2 aromatic rings. The highest BCUT2D eigenvalue weighted by Crippen LogP contribution is 2.34. The predicted molar refractivity (Wildman–Crippen MR) is 113 cm³/mol. The van der Waals surface area contributed by atoms with Crippen LogP contribution in [0.4, 0.5) is 5.82 Å². The zero-order chi connectivity index (χ0) is 20.1. The fourth-order valence-electron chi connectivity index (χ4n) is 4.79. The first-order chi connectivity index (χ1) is 14.0. The van der Waals surface area contributed by atoms with Crippen LogP contribution in [0.1, 0.15) is 25.1 Å². The average molecular weight is 463 g/mol. The molecule has 1 N–H and O–H groups in total. The summed E-state index contributed by atoms with van der Waals surface area (Å²) >= 11 is 3.58. The lowest BCUT2D eigenvalue weighted by atomic mass is 9.96. The van der Waals surface area contributed by atoms with Gasteiger partial charge in [-0.2, -0.15) is 9.61 Å². The molecule has 5 rings (SSSR count). The van der Waals surface area contributed by atoms with Gasteiger partial charge >= 0.3 is 0 Å². The van der Waals surface area contributed by atoms with Crippen LogP contribution in [-0.2, 0) is 22.4 Å². The molecule has 0 aliphatic carbocycles. The van der Waals surface area contributed by atoms with Gasteiger partial charge in [-0.3, -0.25) is 4.79 Å². The van der Waals surface area contributed by atoms with Crippen molar-refractivity contribution in [1.29, 1.82) is 0 Å². The molecule has 2 aromatic heterocycles. The number of nitrogens with one attached hydrogen (secondary N) is 1. The second-order valence-corrected chi connectivity index (χ2v) is 9.30. The van der Waals surface area contributed by atoms with Gasteiger partial charge in [0.15, 0.2) is 5.65 Å². The van der Waals surface area contributed by atoms with Crippen molar-refractivity contribution in [1.82, 2.24) is 24.8 Å². The van der Waals surface area contributed by atoms with Crippen LogP contribution in [0.25, 0.3) is 5.65 Å². The number of morpholine rings is 1. The van der Waals surface area contributed by atoms with Crippen molar-refractivity contribution in [2.45, 2.75) is 38.9 Å². The molecular formula is C20H27BrN6O2. The molecule has 156 valence electrons. The summed E-state index contributed by atoms with van der Waals surface area (Å²) in [6.45, 7) is 8.79. The molecule has 2 saturated heterocycles. The van der Waals surface area contributed by atoms with E-state index in [1.165, 1.54) is 5.56 Å². The van der Waals surface area contributed by atoms with E-state index in [4.69, 9.17) is 9.72 Å². The average Bonchev–Trinajstić information content (AvgIpc) is 2.86. The van der Waals surface area contributed by atoms with Crippen LogP contribution < -0.4 is 10.2 Å². The van der Waals surface area contributed by atoms with Crippen molar-refractivity contribution >= 4 is 33.3 Å². The first-order valence-corrected chi connectivity index (χ1v) is 11.3. The monoisotopic (exact) mass is 462 g/mol. The topological polar surface area (TPSA) is 75.0 Å². The van der Waals surface area contributed by atoms with Crippen LogP contribution in [0.3, 0.4) is 0 Å². The highest BCUT2D eigenvalue weighted by Gasteiger charge is 2.40. The van der Waals surface area contributed by atoms with E-state index in [0.717, 1.165) is 60.7 Å². The third-order valence-corrected chi connectivity index (χ3v) is 6.67. The first-order valence-electron chi connectivity index (χ1n) is 10.5. The molecule has 0 spiro atoms. The number of nitrogens with zero attached hydrogens (tertiary/aromatic N) is 5. The van der Waals surface area contributed by atoms with E-state index in [-0.39, 0.29) is 24.0 Å². The smallest absolute Gasteiger partial charge is 0.229 e. The third-order valence-electron chi connectivity index (χ3n) is 6.11. The van der Waals surface area contributed by atoms with Crippen molar-refractivity contribution < 1.29 is 9.53 Å². The van der Waals surface area contributed by atoms with E-state index in [1.54, 1.807) is 0 Å². The molecular weight excluding hydrogens is 436 g/mol. The van der Waals surface area contributed by atoms with Crippen LogP contribution in [-0.4, -0.2) is 76.9 Å². The number of halogens is 1. The molecule has 5 heterocycles. The molecule has 0 bridgehead atoms. The maximum Gasteiger partial charge on any atom is 0.229 e. The highest BCUT2D eigenvalue weighted by molar-refractivity contribution is 9.10. The number of aromatic nitrogens is 3. The predicted octanol–water partition coefficient (Wildman–Crippen LogP) is 1.25. The fourth-order valence-corrected chi connectivity index (χ4v) is 5.13. The van der Waals surface area contributed by atoms with Crippen molar-refractivity contribution in [2.75, 3.05) is 44.2 Å². The number of rotatable bonds is 2. The minimum Gasteiger partial charge on any atom is -0.372 e. The molecule has 2 fully saturated rings. The Morgan fingerprint density at radius 1 is 1.17 bits per heavy atom. The zero-order valence-electron chi connectivity index (χ0n) is 16.9. The van der Waals surface area contributed by atoms with Crippen molar-refractivity contribution in [3.8, 4) is 0 Å². The summed E-state index contributed by atoms with van der Waals surface area (Å²) < 4.78 is 8.62. The SMILES string of the molecule is CC1CN(C(=O)C2CN(c3c4c(nc5c(Br)cnn35)CCNCC4)C2)CC(C)O1. The zero-order valence-corrected chi connectivity index (χ0v) is 18.5. The molecule has 3 aliphatic heterocycles. The lowest BCUT2D eigenvalue weighted by molar-refractivity contribution is -0.148. The van der Waals surface area contributed by atoms with E-state index < -0.39 is 0 Å². The van der Waals surface area contributed by atoms with E-state index in [2.05, 4.69) is 31.2 Å². The quantitative estimate of drug-likeness (QED) is 0.723. The Labute approximate surface area is 178 Å². The number of hydrogen-bond acceptors (Lipinski definition) is 6. The van der Waals surface area contributed by atoms with Gasteiger partial charge in [0.25, 0.3) is 0 Å².